The summed E-state index contributed by atoms with van der Waals surface area (Å²) in [6, 6.07) is 6.09. The fourth-order valence-electron chi connectivity index (χ4n) is 1.49. The predicted molar refractivity (Wildman–Crippen MR) is 72.1 cm³/mol. The van der Waals surface area contributed by atoms with Crippen LogP contribution in [0.3, 0.4) is 0 Å². The van der Waals surface area contributed by atoms with E-state index in [2.05, 4.69) is 48.1 Å². The minimum Gasteiger partial charge on any atom is -0.489 e. The van der Waals surface area contributed by atoms with Crippen molar-refractivity contribution in [3.05, 3.63) is 28.2 Å². The second-order valence-corrected chi connectivity index (χ2v) is 4.96. The van der Waals surface area contributed by atoms with Crippen LogP contribution in [0, 0.1) is 6.92 Å². The van der Waals surface area contributed by atoms with E-state index in [4.69, 9.17) is 4.74 Å². The van der Waals surface area contributed by atoms with E-state index in [0.717, 1.165) is 35.3 Å². The number of ether oxygens (including phenoxy) is 1. The molecule has 2 nitrogen and oxygen atoms in total. The molecule has 1 atom stereocenters. The van der Waals surface area contributed by atoms with Crippen LogP contribution in [0.25, 0.3) is 0 Å². The SMILES string of the molecule is CCCNCC(C)Oc1ccc(Br)cc1C. The number of benzene rings is 1. The molecule has 0 spiro atoms. The number of aryl methyl sites for hydroxylation is 1. The quantitative estimate of drug-likeness (QED) is 0.808. The van der Waals surface area contributed by atoms with Crippen molar-refractivity contribution in [2.75, 3.05) is 13.1 Å². The van der Waals surface area contributed by atoms with Crippen LogP contribution in [0.2, 0.25) is 0 Å². The van der Waals surface area contributed by atoms with Gasteiger partial charge in [-0.3, -0.25) is 0 Å². The van der Waals surface area contributed by atoms with Crippen LogP contribution in [-0.2, 0) is 0 Å². The van der Waals surface area contributed by atoms with Gasteiger partial charge in [0.15, 0.2) is 0 Å². The highest BCUT2D eigenvalue weighted by atomic mass is 79.9. The van der Waals surface area contributed by atoms with Crippen molar-refractivity contribution in [2.24, 2.45) is 0 Å². The summed E-state index contributed by atoms with van der Waals surface area (Å²) in [5.74, 6) is 0.967. The number of rotatable bonds is 6. The molecule has 0 amide bonds. The van der Waals surface area contributed by atoms with Crippen LogP contribution in [0.5, 0.6) is 5.75 Å². The van der Waals surface area contributed by atoms with Crippen LogP contribution in [0.1, 0.15) is 25.8 Å². The first-order valence-corrected chi connectivity index (χ1v) is 6.56. The van der Waals surface area contributed by atoms with Gasteiger partial charge in [0, 0.05) is 11.0 Å². The van der Waals surface area contributed by atoms with E-state index >= 15 is 0 Å². The lowest BCUT2D eigenvalue weighted by molar-refractivity contribution is 0.216. The minimum absolute atomic E-state index is 0.200. The predicted octanol–water partition coefficient (Wildman–Crippen LogP) is 3.52. The summed E-state index contributed by atoms with van der Waals surface area (Å²) in [6.45, 7) is 8.25. The monoisotopic (exact) mass is 285 g/mol. The normalized spacial score (nSPS) is 12.5. The highest BCUT2D eigenvalue weighted by molar-refractivity contribution is 9.10. The van der Waals surface area contributed by atoms with Gasteiger partial charge in [0.05, 0.1) is 0 Å². The fourth-order valence-corrected chi connectivity index (χ4v) is 1.96. The molecule has 1 aromatic carbocycles. The van der Waals surface area contributed by atoms with E-state index in [0.29, 0.717) is 0 Å². The van der Waals surface area contributed by atoms with Gasteiger partial charge in [0.25, 0.3) is 0 Å². The first kappa shape index (κ1) is 13.5. The summed E-state index contributed by atoms with van der Waals surface area (Å²) in [5.41, 5.74) is 1.16. The van der Waals surface area contributed by atoms with Crippen LogP contribution < -0.4 is 10.1 Å². The average molecular weight is 286 g/mol. The topological polar surface area (TPSA) is 21.3 Å². The minimum atomic E-state index is 0.200. The molecule has 0 bridgehead atoms. The summed E-state index contributed by atoms with van der Waals surface area (Å²) < 4.78 is 6.96. The Labute approximate surface area is 107 Å². The summed E-state index contributed by atoms with van der Waals surface area (Å²) in [6.07, 6.45) is 1.36. The first-order chi connectivity index (χ1) is 7.63. The van der Waals surface area contributed by atoms with Gasteiger partial charge in [-0.2, -0.15) is 0 Å². The van der Waals surface area contributed by atoms with Gasteiger partial charge < -0.3 is 10.1 Å². The Hall–Kier alpha value is -0.540. The second kappa shape index (κ2) is 6.92. The van der Waals surface area contributed by atoms with E-state index in [9.17, 15) is 0 Å². The van der Waals surface area contributed by atoms with Gasteiger partial charge in [0.1, 0.15) is 11.9 Å². The standard InChI is InChI=1S/C13H20BrNO/c1-4-7-15-9-11(3)16-13-6-5-12(14)8-10(13)2/h5-6,8,11,15H,4,7,9H2,1-3H3. The highest BCUT2D eigenvalue weighted by Crippen LogP contribution is 2.22. The van der Waals surface area contributed by atoms with Crippen molar-refractivity contribution in [2.45, 2.75) is 33.3 Å². The van der Waals surface area contributed by atoms with Crippen molar-refractivity contribution < 1.29 is 4.74 Å². The highest BCUT2D eigenvalue weighted by Gasteiger charge is 2.05. The number of nitrogens with one attached hydrogen (secondary N) is 1. The maximum atomic E-state index is 5.86. The van der Waals surface area contributed by atoms with Gasteiger partial charge in [0.2, 0.25) is 0 Å². The molecule has 1 rings (SSSR count). The Morgan fingerprint density at radius 1 is 1.44 bits per heavy atom. The van der Waals surface area contributed by atoms with Gasteiger partial charge >= 0.3 is 0 Å². The molecule has 0 aromatic heterocycles. The van der Waals surface area contributed by atoms with Gasteiger partial charge in [-0.1, -0.05) is 22.9 Å². The van der Waals surface area contributed by atoms with E-state index in [-0.39, 0.29) is 6.10 Å². The molecule has 1 N–H and O–H groups in total. The Bertz CT molecular complexity index is 328. The van der Waals surface area contributed by atoms with Gasteiger partial charge in [-0.15, -0.1) is 0 Å². The molecule has 3 heteroatoms. The van der Waals surface area contributed by atoms with Crippen molar-refractivity contribution in [1.82, 2.24) is 5.32 Å². The lowest BCUT2D eigenvalue weighted by Crippen LogP contribution is -2.29. The van der Waals surface area contributed by atoms with Gasteiger partial charge in [-0.25, -0.2) is 0 Å². The van der Waals surface area contributed by atoms with Gasteiger partial charge in [-0.05, 0) is 50.6 Å². The maximum absolute atomic E-state index is 5.86. The fraction of sp³-hybridized carbons (Fsp3) is 0.538. The number of halogens is 1. The van der Waals surface area contributed by atoms with E-state index in [1.54, 1.807) is 0 Å². The third kappa shape index (κ3) is 4.54. The summed E-state index contributed by atoms with van der Waals surface area (Å²) in [5, 5.41) is 3.35. The Morgan fingerprint density at radius 3 is 2.81 bits per heavy atom. The molecule has 16 heavy (non-hydrogen) atoms. The molecule has 0 aliphatic rings. The Morgan fingerprint density at radius 2 is 2.19 bits per heavy atom. The summed E-state index contributed by atoms with van der Waals surface area (Å²) in [7, 11) is 0. The van der Waals surface area contributed by atoms with Crippen LogP contribution in [0.4, 0.5) is 0 Å². The third-order valence-corrected chi connectivity index (χ3v) is 2.82. The maximum Gasteiger partial charge on any atom is 0.122 e. The zero-order chi connectivity index (χ0) is 12.0. The Kier molecular flexibility index (Phi) is 5.85. The third-order valence-electron chi connectivity index (χ3n) is 2.32. The van der Waals surface area contributed by atoms with Crippen LogP contribution >= 0.6 is 15.9 Å². The molecule has 0 aliphatic heterocycles. The van der Waals surface area contributed by atoms with Crippen molar-refractivity contribution in [3.8, 4) is 5.75 Å². The zero-order valence-corrected chi connectivity index (χ0v) is 11.8. The van der Waals surface area contributed by atoms with E-state index in [1.807, 2.05) is 12.1 Å². The molecule has 0 fully saturated rings. The summed E-state index contributed by atoms with van der Waals surface area (Å²) in [4.78, 5) is 0. The molecule has 1 aromatic rings. The first-order valence-electron chi connectivity index (χ1n) is 5.77. The van der Waals surface area contributed by atoms with E-state index in [1.165, 1.54) is 0 Å². The molecule has 0 saturated heterocycles. The molecule has 0 heterocycles. The summed E-state index contributed by atoms with van der Waals surface area (Å²) >= 11 is 3.45. The number of hydrogen-bond acceptors (Lipinski definition) is 2. The molecule has 90 valence electrons. The van der Waals surface area contributed by atoms with Crippen LogP contribution in [0.15, 0.2) is 22.7 Å². The molecule has 0 saturated carbocycles. The van der Waals surface area contributed by atoms with E-state index < -0.39 is 0 Å². The van der Waals surface area contributed by atoms with Crippen molar-refractivity contribution >= 4 is 15.9 Å². The molecule has 0 aliphatic carbocycles. The second-order valence-electron chi connectivity index (χ2n) is 4.04. The molecular weight excluding hydrogens is 266 g/mol. The average Bonchev–Trinajstić information content (AvgIpc) is 2.23. The van der Waals surface area contributed by atoms with Crippen molar-refractivity contribution in [3.63, 3.8) is 0 Å². The molecule has 0 radical (unpaired) electrons. The smallest absolute Gasteiger partial charge is 0.122 e. The molecule has 1 unspecified atom stereocenters. The molecular formula is C13H20BrNO. The number of hydrogen-bond donors (Lipinski definition) is 1. The van der Waals surface area contributed by atoms with Crippen LogP contribution in [-0.4, -0.2) is 19.2 Å². The lowest BCUT2D eigenvalue weighted by Gasteiger charge is -2.17. The Balaban J connectivity index is 2.46. The van der Waals surface area contributed by atoms with Crippen molar-refractivity contribution in [1.29, 1.82) is 0 Å². The lowest BCUT2D eigenvalue weighted by atomic mass is 10.2. The zero-order valence-electron chi connectivity index (χ0n) is 10.2. The largest absolute Gasteiger partial charge is 0.489 e.